The van der Waals surface area contributed by atoms with Crippen LogP contribution in [0.1, 0.15) is 17.5 Å². The topological polar surface area (TPSA) is 61.8 Å². The van der Waals surface area contributed by atoms with Crippen LogP contribution in [0, 0.1) is 13.8 Å². The molecule has 21 heavy (non-hydrogen) atoms. The highest BCUT2D eigenvalue weighted by Gasteiger charge is 2.36. The number of amidine groups is 1. The molecule has 0 unspecified atom stereocenters. The first-order valence-corrected chi connectivity index (χ1v) is 7.58. The van der Waals surface area contributed by atoms with Gasteiger partial charge < -0.3 is 5.32 Å². The molecule has 0 aliphatic carbocycles. The lowest BCUT2D eigenvalue weighted by molar-refractivity contribution is -0.127. The molecule has 1 aliphatic heterocycles. The highest BCUT2D eigenvalue weighted by Crippen LogP contribution is 2.28. The lowest BCUT2D eigenvalue weighted by atomic mass is 10.1. The zero-order valence-electron chi connectivity index (χ0n) is 12.6. The molecule has 0 aromatic heterocycles. The quantitative estimate of drug-likeness (QED) is 0.931. The van der Waals surface area contributed by atoms with Gasteiger partial charge in [0.15, 0.2) is 5.17 Å². The molecule has 1 aromatic carbocycles. The Bertz CT molecular complexity index is 613. The van der Waals surface area contributed by atoms with E-state index in [-0.39, 0.29) is 23.5 Å². The second-order valence-electron chi connectivity index (χ2n) is 5.08. The molecule has 1 heterocycles. The normalized spacial score (nSPS) is 20.2. The summed E-state index contributed by atoms with van der Waals surface area (Å²) in [7, 11) is 3.32. The number of aliphatic imine (C=N–C) groups is 1. The number of nitrogens with zero attached hydrogens (tertiary/aromatic N) is 2. The maximum atomic E-state index is 12.1. The minimum atomic E-state index is -0.389. The van der Waals surface area contributed by atoms with Crippen LogP contribution in [0.25, 0.3) is 0 Å². The summed E-state index contributed by atoms with van der Waals surface area (Å²) in [5.41, 5.74) is 2.96. The molecular formula is C15H19N3O2S. The van der Waals surface area contributed by atoms with Crippen molar-refractivity contribution >= 4 is 34.4 Å². The molecule has 112 valence electrons. The van der Waals surface area contributed by atoms with Crippen LogP contribution in [0.2, 0.25) is 0 Å². The van der Waals surface area contributed by atoms with E-state index in [4.69, 9.17) is 0 Å². The lowest BCUT2D eigenvalue weighted by Gasteiger charge is -2.11. The SMILES string of the molecule is CN=C1S[C@H](CC(=O)Nc2ccc(C)cc2C)C(=O)N1C. The summed E-state index contributed by atoms with van der Waals surface area (Å²) in [5.74, 6) is -0.227. The summed E-state index contributed by atoms with van der Waals surface area (Å²) in [5, 5.41) is 3.14. The van der Waals surface area contributed by atoms with E-state index >= 15 is 0 Å². The van der Waals surface area contributed by atoms with E-state index in [2.05, 4.69) is 10.3 Å². The van der Waals surface area contributed by atoms with Gasteiger partial charge in [0, 0.05) is 26.2 Å². The Morgan fingerprint density at radius 2 is 2.14 bits per heavy atom. The van der Waals surface area contributed by atoms with Crippen molar-refractivity contribution in [2.75, 3.05) is 19.4 Å². The maximum Gasteiger partial charge on any atom is 0.242 e. The lowest BCUT2D eigenvalue weighted by Crippen LogP contribution is -2.30. The van der Waals surface area contributed by atoms with E-state index < -0.39 is 0 Å². The first-order chi connectivity index (χ1) is 9.92. The Morgan fingerprint density at radius 1 is 1.43 bits per heavy atom. The van der Waals surface area contributed by atoms with E-state index in [9.17, 15) is 9.59 Å². The third-order valence-corrected chi connectivity index (χ3v) is 4.68. The van der Waals surface area contributed by atoms with Gasteiger partial charge in [0.1, 0.15) is 5.25 Å². The summed E-state index contributed by atoms with van der Waals surface area (Å²) < 4.78 is 0. The van der Waals surface area contributed by atoms with Crippen molar-refractivity contribution in [1.82, 2.24) is 4.90 Å². The fourth-order valence-corrected chi connectivity index (χ4v) is 3.32. The molecule has 0 spiro atoms. The van der Waals surface area contributed by atoms with Crippen molar-refractivity contribution < 1.29 is 9.59 Å². The number of benzene rings is 1. The van der Waals surface area contributed by atoms with Crippen molar-refractivity contribution in [2.45, 2.75) is 25.5 Å². The Labute approximate surface area is 128 Å². The number of thioether (sulfide) groups is 1. The molecule has 2 amide bonds. The summed E-state index contributed by atoms with van der Waals surface area (Å²) in [4.78, 5) is 29.7. The van der Waals surface area contributed by atoms with Crippen molar-refractivity contribution in [2.24, 2.45) is 4.99 Å². The summed E-state index contributed by atoms with van der Waals surface area (Å²) in [6.45, 7) is 3.96. The number of hydrogen-bond donors (Lipinski definition) is 1. The van der Waals surface area contributed by atoms with Gasteiger partial charge in [-0.25, -0.2) is 0 Å². The number of hydrogen-bond acceptors (Lipinski definition) is 4. The molecule has 5 nitrogen and oxygen atoms in total. The third kappa shape index (κ3) is 3.44. The van der Waals surface area contributed by atoms with Gasteiger partial charge in [-0.05, 0) is 25.5 Å². The molecule has 1 N–H and O–H groups in total. The Hall–Kier alpha value is -1.82. The maximum absolute atomic E-state index is 12.1. The number of nitrogens with one attached hydrogen (secondary N) is 1. The van der Waals surface area contributed by atoms with Crippen LogP contribution >= 0.6 is 11.8 Å². The Kier molecular flexibility index (Phi) is 4.67. The number of amides is 2. The number of carbonyl (C=O) groups excluding carboxylic acids is 2. The fraction of sp³-hybridized carbons (Fsp3) is 0.400. The molecule has 1 fully saturated rings. The molecule has 0 bridgehead atoms. The highest BCUT2D eigenvalue weighted by molar-refractivity contribution is 8.15. The van der Waals surface area contributed by atoms with Gasteiger partial charge in [-0.3, -0.25) is 19.5 Å². The summed E-state index contributed by atoms with van der Waals surface area (Å²) in [6, 6.07) is 5.85. The number of carbonyl (C=O) groups is 2. The predicted octanol–water partition coefficient (Wildman–Crippen LogP) is 2.19. The van der Waals surface area contributed by atoms with E-state index in [1.807, 2.05) is 32.0 Å². The van der Waals surface area contributed by atoms with Crippen LogP contribution in [0.5, 0.6) is 0 Å². The van der Waals surface area contributed by atoms with E-state index in [1.54, 1.807) is 14.1 Å². The minimum absolute atomic E-state index is 0.0728. The number of rotatable bonds is 3. The molecule has 0 saturated carbocycles. The van der Waals surface area contributed by atoms with Gasteiger partial charge in [0.25, 0.3) is 0 Å². The van der Waals surface area contributed by atoms with Crippen LogP contribution < -0.4 is 5.32 Å². The fourth-order valence-electron chi connectivity index (χ4n) is 2.22. The summed E-state index contributed by atoms with van der Waals surface area (Å²) in [6.07, 6.45) is 0.153. The number of anilines is 1. The van der Waals surface area contributed by atoms with Crippen molar-refractivity contribution in [3.63, 3.8) is 0 Å². The van der Waals surface area contributed by atoms with Gasteiger partial charge in [-0.15, -0.1) is 0 Å². The first-order valence-electron chi connectivity index (χ1n) is 6.70. The van der Waals surface area contributed by atoms with Crippen LogP contribution in [0.3, 0.4) is 0 Å². The molecule has 1 saturated heterocycles. The largest absolute Gasteiger partial charge is 0.326 e. The zero-order valence-corrected chi connectivity index (χ0v) is 13.5. The van der Waals surface area contributed by atoms with Gasteiger partial charge in [0.05, 0.1) is 0 Å². The Morgan fingerprint density at radius 3 is 2.71 bits per heavy atom. The Balaban J connectivity index is 2.01. The van der Waals surface area contributed by atoms with E-state index in [0.29, 0.717) is 5.17 Å². The molecule has 2 rings (SSSR count). The van der Waals surface area contributed by atoms with E-state index in [0.717, 1.165) is 16.8 Å². The third-order valence-electron chi connectivity index (χ3n) is 3.36. The molecular weight excluding hydrogens is 286 g/mol. The van der Waals surface area contributed by atoms with Crippen molar-refractivity contribution in [3.05, 3.63) is 29.3 Å². The average molecular weight is 305 g/mol. The highest BCUT2D eigenvalue weighted by atomic mass is 32.2. The van der Waals surface area contributed by atoms with Gasteiger partial charge in [-0.2, -0.15) is 0 Å². The zero-order chi connectivity index (χ0) is 15.6. The summed E-state index contributed by atoms with van der Waals surface area (Å²) >= 11 is 1.34. The van der Waals surface area contributed by atoms with Gasteiger partial charge in [-0.1, -0.05) is 29.5 Å². The first kappa shape index (κ1) is 15.6. The van der Waals surface area contributed by atoms with Crippen LogP contribution in [-0.2, 0) is 9.59 Å². The standard InChI is InChI=1S/C15H19N3O2S/c1-9-5-6-11(10(2)7-9)17-13(19)8-12-14(20)18(4)15(16-3)21-12/h5-7,12H,8H2,1-4H3,(H,17,19)/t12-/m1/s1. The number of aryl methyl sites for hydroxylation is 2. The molecule has 1 aromatic rings. The second-order valence-corrected chi connectivity index (χ2v) is 6.25. The van der Waals surface area contributed by atoms with Gasteiger partial charge in [0.2, 0.25) is 11.8 Å². The van der Waals surface area contributed by atoms with E-state index in [1.165, 1.54) is 16.7 Å². The van der Waals surface area contributed by atoms with Gasteiger partial charge >= 0.3 is 0 Å². The van der Waals surface area contributed by atoms with Crippen LogP contribution in [-0.4, -0.2) is 41.2 Å². The molecule has 6 heteroatoms. The second kappa shape index (κ2) is 6.30. The minimum Gasteiger partial charge on any atom is -0.326 e. The van der Waals surface area contributed by atoms with Crippen molar-refractivity contribution in [1.29, 1.82) is 0 Å². The molecule has 1 aliphatic rings. The predicted molar refractivity (Wildman–Crippen MR) is 86.7 cm³/mol. The van der Waals surface area contributed by atoms with Crippen LogP contribution in [0.15, 0.2) is 23.2 Å². The average Bonchev–Trinajstić information content (AvgIpc) is 2.70. The monoisotopic (exact) mass is 305 g/mol. The smallest absolute Gasteiger partial charge is 0.242 e. The van der Waals surface area contributed by atoms with Crippen molar-refractivity contribution in [3.8, 4) is 0 Å². The molecule has 1 atom stereocenters. The molecule has 0 radical (unpaired) electrons. The van der Waals surface area contributed by atoms with Crippen LogP contribution in [0.4, 0.5) is 5.69 Å².